The number of primary amides is 1. The second kappa shape index (κ2) is 6.02. The minimum absolute atomic E-state index is 0.234. The van der Waals surface area contributed by atoms with E-state index in [1.807, 2.05) is 0 Å². The number of benzene rings is 1. The molecule has 94 valence electrons. The quantitative estimate of drug-likeness (QED) is 0.763. The highest BCUT2D eigenvalue weighted by molar-refractivity contribution is 7.99. The highest BCUT2D eigenvalue weighted by Crippen LogP contribution is 2.24. The van der Waals surface area contributed by atoms with E-state index in [0.29, 0.717) is 17.1 Å². The van der Waals surface area contributed by atoms with Gasteiger partial charge in [-0.2, -0.15) is 0 Å². The monoisotopic (exact) mass is 256 g/mol. The molecule has 1 aromatic carbocycles. The minimum atomic E-state index is -0.738. The van der Waals surface area contributed by atoms with Gasteiger partial charge in [0.25, 0.3) is 0 Å². The van der Waals surface area contributed by atoms with Gasteiger partial charge in [0.05, 0.1) is 5.54 Å². The Hall–Kier alpha value is -1.07. The normalized spacial score (nSPS) is 14.3. The molecule has 0 heterocycles. The van der Waals surface area contributed by atoms with Crippen LogP contribution >= 0.6 is 11.8 Å². The van der Waals surface area contributed by atoms with Crippen molar-refractivity contribution < 1.29 is 9.18 Å². The molecule has 3 nitrogen and oxygen atoms in total. The smallest absolute Gasteiger partial charge is 0.237 e. The largest absolute Gasteiger partial charge is 0.368 e. The molecule has 1 aromatic rings. The summed E-state index contributed by atoms with van der Waals surface area (Å²) in [7, 11) is 1.69. The predicted molar refractivity (Wildman–Crippen MR) is 68.4 cm³/mol. The number of hydrogen-bond donors (Lipinski definition) is 2. The van der Waals surface area contributed by atoms with E-state index < -0.39 is 11.4 Å². The fourth-order valence-corrected chi connectivity index (χ4v) is 2.41. The molecule has 0 aliphatic rings. The Labute approximate surface area is 105 Å². The van der Waals surface area contributed by atoms with Crippen molar-refractivity contribution in [3.63, 3.8) is 0 Å². The topological polar surface area (TPSA) is 55.1 Å². The first-order valence-electron chi connectivity index (χ1n) is 5.36. The van der Waals surface area contributed by atoms with E-state index in [4.69, 9.17) is 5.73 Å². The summed E-state index contributed by atoms with van der Waals surface area (Å²) in [6, 6.07) is 6.59. The average molecular weight is 256 g/mol. The molecular formula is C12H17FN2OS. The Balaban J connectivity index is 2.53. The highest BCUT2D eigenvalue weighted by atomic mass is 32.2. The maximum Gasteiger partial charge on any atom is 0.237 e. The molecule has 5 heteroatoms. The van der Waals surface area contributed by atoms with Crippen molar-refractivity contribution in [2.75, 3.05) is 12.8 Å². The fraction of sp³-hybridized carbons (Fsp3) is 0.417. The third-order valence-electron chi connectivity index (χ3n) is 2.79. The molecule has 0 saturated carbocycles. The zero-order valence-corrected chi connectivity index (χ0v) is 10.8. The first-order chi connectivity index (χ1) is 7.99. The fourth-order valence-electron chi connectivity index (χ4n) is 1.30. The van der Waals surface area contributed by atoms with Crippen LogP contribution in [0.1, 0.15) is 13.3 Å². The molecule has 1 rings (SSSR count). The van der Waals surface area contributed by atoms with Gasteiger partial charge in [-0.25, -0.2) is 4.39 Å². The van der Waals surface area contributed by atoms with Gasteiger partial charge in [0, 0.05) is 10.6 Å². The van der Waals surface area contributed by atoms with Crippen molar-refractivity contribution in [1.82, 2.24) is 5.32 Å². The summed E-state index contributed by atoms with van der Waals surface area (Å²) < 4.78 is 13.3. The van der Waals surface area contributed by atoms with Gasteiger partial charge in [-0.1, -0.05) is 12.1 Å². The zero-order valence-electron chi connectivity index (χ0n) is 10.00. The van der Waals surface area contributed by atoms with E-state index in [0.717, 1.165) is 0 Å². The van der Waals surface area contributed by atoms with Gasteiger partial charge in [-0.15, -0.1) is 11.8 Å². The number of rotatable bonds is 6. The summed E-state index contributed by atoms with van der Waals surface area (Å²) in [4.78, 5) is 11.8. The summed E-state index contributed by atoms with van der Waals surface area (Å²) in [6.45, 7) is 1.75. The third-order valence-corrected chi connectivity index (χ3v) is 3.84. The van der Waals surface area contributed by atoms with E-state index in [1.54, 1.807) is 32.2 Å². The van der Waals surface area contributed by atoms with Crippen LogP contribution in [0, 0.1) is 5.82 Å². The number of halogens is 1. The lowest BCUT2D eigenvalue weighted by Gasteiger charge is -2.25. The van der Waals surface area contributed by atoms with E-state index in [9.17, 15) is 9.18 Å². The number of thioether (sulfide) groups is 1. The molecule has 0 aliphatic heterocycles. The molecule has 0 radical (unpaired) electrons. The Morgan fingerprint density at radius 3 is 2.71 bits per heavy atom. The molecule has 0 saturated heterocycles. The Morgan fingerprint density at radius 1 is 1.53 bits per heavy atom. The first-order valence-corrected chi connectivity index (χ1v) is 6.34. The van der Waals surface area contributed by atoms with Gasteiger partial charge in [-0.3, -0.25) is 4.79 Å². The molecule has 0 aromatic heterocycles. The number of carbonyl (C=O) groups is 1. The van der Waals surface area contributed by atoms with E-state index in [1.165, 1.54) is 17.8 Å². The molecule has 1 unspecified atom stereocenters. The van der Waals surface area contributed by atoms with Gasteiger partial charge >= 0.3 is 0 Å². The van der Waals surface area contributed by atoms with Crippen LogP contribution in [0.15, 0.2) is 29.2 Å². The maximum atomic E-state index is 13.3. The molecule has 0 aliphatic carbocycles. The van der Waals surface area contributed by atoms with Crippen molar-refractivity contribution >= 4 is 17.7 Å². The number of amides is 1. The van der Waals surface area contributed by atoms with E-state index >= 15 is 0 Å². The van der Waals surface area contributed by atoms with Crippen molar-refractivity contribution in [2.45, 2.75) is 23.8 Å². The van der Waals surface area contributed by atoms with Crippen molar-refractivity contribution in [3.8, 4) is 0 Å². The Morgan fingerprint density at radius 2 is 2.18 bits per heavy atom. The van der Waals surface area contributed by atoms with Crippen molar-refractivity contribution in [1.29, 1.82) is 0 Å². The minimum Gasteiger partial charge on any atom is -0.368 e. The summed E-state index contributed by atoms with van der Waals surface area (Å²) in [5, 5.41) is 2.90. The van der Waals surface area contributed by atoms with Crippen LogP contribution in [-0.2, 0) is 4.79 Å². The summed E-state index contributed by atoms with van der Waals surface area (Å²) in [6.07, 6.45) is 0.553. The van der Waals surface area contributed by atoms with E-state index in [-0.39, 0.29) is 5.82 Å². The molecule has 17 heavy (non-hydrogen) atoms. The highest BCUT2D eigenvalue weighted by Gasteiger charge is 2.28. The van der Waals surface area contributed by atoms with E-state index in [2.05, 4.69) is 5.32 Å². The predicted octanol–water partition coefficient (Wildman–Crippen LogP) is 1.77. The lowest BCUT2D eigenvalue weighted by Crippen LogP contribution is -2.51. The summed E-state index contributed by atoms with van der Waals surface area (Å²) in [5.74, 6) is -0.00170. The van der Waals surface area contributed by atoms with Crippen LogP contribution in [0.3, 0.4) is 0 Å². The molecule has 0 fully saturated rings. The summed E-state index contributed by atoms with van der Waals surface area (Å²) in [5.41, 5.74) is 4.57. The van der Waals surface area contributed by atoms with Crippen LogP contribution in [0.2, 0.25) is 0 Å². The van der Waals surface area contributed by atoms with Gasteiger partial charge in [-0.05, 0) is 32.5 Å². The molecule has 0 spiro atoms. The van der Waals surface area contributed by atoms with Gasteiger partial charge in [0.15, 0.2) is 0 Å². The lowest BCUT2D eigenvalue weighted by molar-refractivity contribution is -0.123. The van der Waals surface area contributed by atoms with Crippen molar-refractivity contribution in [2.24, 2.45) is 5.73 Å². The van der Waals surface area contributed by atoms with Crippen LogP contribution in [0.25, 0.3) is 0 Å². The van der Waals surface area contributed by atoms with Crippen LogP contribution in [0.5, 0.6) is 0 Å². The summed E-state index contributed by atoms with van der Waals surface area (Å²) >= 11 is 1.38. The maximum absolute atomic E-state index is 13.3. The molecule has 1 atom stereocenters. The standard InChI is InChI=1S/C12H17FN2OS/c1-12(15-2,11(14)16)7-8-17-10-6-4-3-5-9(10)13/h3-6,15H,7-8H2,1-2H3,(H2,14,16). The van der Waals surface area contributed by atoms with Gasteiger partial charge < -0.3 is 11.1 Å². The van der Waals surface area contributed by atoms with Gasteiger partial charge in [0.1, 0.15) is 5.82 Å². The van der Waals surface area contributed by atoms with Crippen LogP contribution < -0.4 is 11.1 Å². The Bertz CT molecular complexity index is 400. The van der Waals surface area contributed by atoms with Crippen molar-refractivity contribution in [3.05, 3.63) is 30.1 Å². The zero-order chi connectivity index (χ0) is 12.9. The number of carbonyl (C=O) groups excluding carboxylic acids is 1. The first kappa shape index (κ1) is 14.0. The Kier molecular flexibility index (Phi) is 4.96. The average Bonchev–Trinajstić information content (AvgIpc) is 2.31. The number of nitrogens with two attached hydrogens (primary N) is 1. The molecule has 3 N–H and O–H groups in total. The lowest BCUT2D eigenvalue weighted by atomic mass is 9.99. The number of nitrogens with one attached hydrogen (secondary N) is 1. The molecule has 0 bridgehead atoms. The number of likely N-dealkylation sites (N-methyl/N-ethyl adjacent to an activating group) is 1. The van der Waals surface area contributed by atoms with Crippen LogP contribution in [0.4, 0.5) is 4.39 Å². The third kappa shape index (κ3) is 3.71. The SMILES string of the molecule is CNC(C)(CCSc1ccccc1F)C(N)=O. The number of hydrogen-bond acceptors (Lipinski definition) is 3. The van der Waals surface area contributed by atoms with Gasteiger partial charge in [0.2, 0.25) is 5.91 Å². The second-order valence-corrected chi connectivity index (χ2v) is 5.11. The second-order valence-electron chi connectivity index (χ2n) is 3.98. The molecular weight excluding hydrogens is 239 g/mol. The van der Waals surface area contributed by atoms with Crippen LogP contribution in [-0.4, -0.2) is 24.2 Å². The molecule has 1 amide bonds.